The van der Waals surface area contributed by atoms with Crippen molar-refractivity contribution in [2.75, 3.05) is 5.32 Å². The van der Waals surface area contributed by atoms with Crippen molar-refractivity contribution in [2.24, 2.45) is 7.05 Å². The van der Waals surface area contributed by atoms with E-state index in [9.17, 15) is 9.59 Å². The number of fused-ring (bicyclic) bond motifs is 2. The van der Waals surface area contributed by atoms with Crippen molar-refractivity contribution in [3.63, 3.8) is 0 Å². The zero-order valence-electron chi connectivity index (χ0n) is 13.2. The molecule has 25 heavy (non-hydrogen) atoms. The van der Waals surface area contributed by atoms with Crippen molar-refractivity contribution < 1.29 is 4.79 Å². The average molecular weight is 353 g/mol. The number of benzene rings is 1. The number of nitrogens with zero attached hydrogens (tertiary/aromatic N) is 3. The average Bonchev–Trinajstić information content (AvgIpc) is 2.95. The number of amides is 1. The molecular weight excluding hydrogens is 340 g/mol. The molecular formula is C18H13ClN4O2. The first-order valence-corrected chi connectivity index (χ1v) is 7.97. The summed E-state index contributed by atoms with van der Waals surface area (Å²) >= 11 is 6.08. The smallest absolute Gasteiger partial charge is 0.272 e. The van der Waals surface area contributed by atoms with Gasteiger partial charge in [0, 0.05) is 13.2 Å². The molecule has 1 amide bonds. The van der Waals surface area contributed by atoms with Crippen LogP contribution in [-0.4, -0.2) is 19.9 Å². The largest absolute Gasteiger partial charge is 0.324 e. The SMILES string of the molecule is Cn1c(C(=O)Nc2ccccc2Cl)cc2c(=O)n3ccccc3nc21. The zero-order valence-corrected chi connectivity index (χ0v) is 14.0. The number of anilines is 1. The monoisotopic (exact) mass is 352 g/mol. The summed E-state index contributed by atoms with van der Waals surface area (Å²) in [5, 5.41) is 3.59. The van der Waals surface area contributed by atoms with Gasteiger partial charge in [-0.2, -0.15) is 0 Å². The van der Waals surface area contributed by atoms with Crippen molar-refractivity contribution in [1.82, 2.24) is 14.0 Å². The molecule has 1 N–H and O–H groups in total. The molecule has 3 aromatic heterocycles. The van der Waals surface area contributed by atoms with Crippen LogP contribution in [0, 0.1) is 0 Å². The van der Waals surface area contributed by atoms with Gasteiger partial charge >= 0.3 is 0 Å². The van der Waals surface area contributed by atoms with Gasteiger partial charge in [-0.15, -0.1) is 0 Å². The normalized spacial score (nSPS) is 11.1. The first-order chi connectivity index (χ1) is 12.1. The van der Waals surface area contributed by atoms with Crippen LogP contribution in [-0.2, 0) is 7.05 Å². The van der Waals surface area contributed by atoms with Gasteiger partial charge < -0.3 is 9.88 Å². The molecule has 3 heterocycles. The number of halogens is 1. The molecule has 124 valence electrons. The van der Waals surface area contributed by atoms with Gasteiger partial charge in [-0.25, -0.2) is 4.98 Å². The summed E-state index contributed by atoms with van der Waals surface area (Å²) in [6, 6.07) is 13.8. The number of aromatic nitrogens is 3. The minimum Gasteiger partial charge on any atom is -0.324 e. The maximum absolute atomic E-state index is 12.6. The minimum atomic E-state index is -0.359. The van der Waals surface area contributed by atoms with Crippen LogP contribution in [0.1, 0.15) is 10.5 Å². The number of carbonyl (C=O) groups excluding carboxylic acids is 1. The quantitative estimate of drug-likeness (QED) is 0.602. The van der Waals surface area contributed by atoms with Gasteiger partial charge in [0.15, 0.2) is 0 Å². The highest BCUT2D eigenvalue weighted by molar-refractivity contribution is 6.33. The molecule has 7 heteroatoms. The van der Waals surface area contributed by atoms with Crippen molar-refractivity contribution in [3.8, 4) is 0 Å². The van der Waals surface area contributed by atoms with Gasteiger partial charge in [-0.1, -0.05) is 29.8 Å². The van der Waals surface area contributed by atoms with E-state index in [2.05, 4.69) is 10.3 Å². The molecule has 0 fully saturated rings. The molecule has 0 bridgehead atoms. The van der Waals surface area contributed by atoms with Crippen molar-refractivity contribution in [2.45, 2.75) is 0 Å². The van der Waals surface area contributed by atoms with E-state index in [4.69, 9.17) is 11.6 Å². The fourth-order valence-corrected chi connectivity index (χ4v) is 2.97. The Hall–Kier alpha value is -3.12. The van der Waals surface area contributed by atoms with Crippen LogP contribution in [0.25, 0.3) is 16.7 Å². The molecule has 0 atom stereocenters. The van der Waals surface area contributed by atoms with Gasteiger partial charge in [0.2, 0.25) is 0 Å². The predicted molar refractivity (Wildman–Crippen MR) is 97.3 cm³/mol. The van der Waals surface area contributed by atoms with Gasteiger partial charge in [0.1, 0.15) is 17.0 Å². The number of hydrogen-bond donors (Lipinski definition) is 1. The molecule has 0 unspecified atom stereocenters. The van der Waals surface area contributed by atoms with Gasteiger partial charge in [-0.05, 0) is 30.3 Å². The lowest BCUT2D eigenvalue weighted by Crippen LogP contribution is -2.16. The highest BCUT2D eigenvalue weighted by Gasteiger charge is 2.18. The summed E-state index contributed by atoms with van der Waals surface area (Å²) < 4.78 is 3.06. The molecule has 0 saturated heterocycles. The van der Waals surface area contributed by atoms with Crippen LogP contribution < -0.4 is 10.9 Å². The summed E-state index contributed by atoms with van der Waals surface area (Å²) in [5.41, 5.74) is 1.61. The summed E-state index contributed by atoms with van der Waals surface area (Å²) in [4.78, 5) is 29.8. The van der Waals surface area contributed by atoms with Crippen molar-refractivity contribution in [1.29, 1.82) is 0 Å². The van der Waals surface area contributed by atoms with E-state index in [1.54, 1.807) is 60.3 Å². The van der Waals surface area contributed by atoms with Gasteiger partial charge in [0.25, 0.3) is 11.5 Å². The highest BCUT2D eigenvalue weighted by atomic mass is 35.5. The maximum Gasteiger partial charge on any atom is 0.272 e. The van der Waals surface area contributed by atoms with Crippen LogP contribution in [0.15, 0.2) is 59.5 Å². The Morgan fingerprint density at radius 2 is 1.92 bits per heavy atom. The standard InChI is InChI=1S/C18H13ClN4O2/c1-22-14(17(24)20-13-7-3-2-6-12(13)19)10-11-16(22)21-15-8-4-5-9-23(15)18(11)25/h2-10H,1H3,(H,20,24). The molecule has 0 aliphatic heterocycles. The Bertz CT molecular complexity index is 1190. The second-order valence-corrected chi connectivity index (χ2v) is 6.01. The Morgan fingerprint density at radius 1 is 1.16 bits per heavy atom. The lowest BCUT2D eigenvalue weighted by atomic mass is 10.3. The predicted octanol–water partition coefficient (Wildman–Crippen LogP) is 3.09. The maximum atomic E-state index is 12.6. The molecule has 0 radical (unpaired) electrons. The van der Waals surface area contributed by atoms with Gasteiger partial charge in [0.05, 0.1) is 16.1 Å². The van der Waals surface area contributed by atoms with Crippen molar-refractivity contribution in [3.05, 3.63) is 75.8 Å². The Balaban J connectivity index is 1.85. The molecule has 6 nitrogen and oxygen atoms in total. The van der Waals surface area contributed by atoms with Crippen LogP contribution in [0.3, 0.4) is 0 Å². The number of pyridine rings is 1. The highest BCUT2D eigenvalue weighted by Crippen LogP contribution is 2.22. The lowest BCUT2D eigenvalue weighted by molar-refractivity contribution is 0.101. The van der Waals surface area contributed by atoms with E-state index >= 15 is 0 Å². The molecule has 0 saturated carbocycles. The van der Waals surface area contributed by atoms with E-state index in [-0.39, 0.29) is 11.5 Å². The van der Waals surface area contributed by atoms with Crippen LogP contribution >= 0.6 is 11.6 Å². The third kappa shape index (κ3) is 2.47. The minimum absolute atomic E-state index is 0.215. The zero-order chi connectivity index (χ0) is 17.6. The fourth-order valence-electron chi connectivity index (χ4n) is 2.79. The molecule has 4 aromatic rings. The molecule has 0 aliphatic rings. The number of para-hydroxylation sites is 1. The summed E-state index contributed by atoms with van der Waals surface area (Å²) in [7, 11) is 1.70. The number of nitrogens with one attached hydrogen (secondary N) is 1. The van der Waals surface area contributed by atoms with E-state index in [1.807, 2.05) is 6.07 Å². The molecule has 0 aliphatic carbocycles. The molecule has 4 rings (SSSR count). The van der Waals surface area contributed by atoms with E-state index < -0.39 is 0 Å². The number of carbonyl (C=O) groups is 1. The summed E-state index contributed by atoms with van der Waals surface area (Å²) in [5.74, 6) is -0.359. The second kappa shape index (κ2) is 5.75. The fraction of sp³-hybridized carbons (Fsp3) is 0.0556. The van der Waals surface area contributed by atoms with E-state index in [0.29, 0.717) is 33.1 Å². The summed E-state index contributed by atoms with van der Waals surface area (Å²) in [6.07, 6.45) is 1.65. The first-order valence-electron chi connectivity index (χ1n) is 7.59. The van der Waals surface area contributed by atoms with Crippen LogP contribution in [0.4, 0.5) is 5.69 Å². The van der Waals surface area contributed by atoms with E-state index in [0.717, 1.165) is 0 Å². The first kappa shape index (κ1) is 15.4. The number of hydrogen-bond acceptors (Lipinski definition) is 3. The van der Waals surface area contributed by atoms with E-state index in [1.165, 1.54) is 4.40 Å². The molecule has 0 spiro atoms. The lowest BCUT2D eigenvalue weighted by Gasteiger charge is -2.07. The Labute approximate surface area is 147 Å². The topological polar surface area (TPSA) is 68.4 Å². The van der Waals surface area contributed by atoms with Crippen LogP contribution in [0.2, 0.25) is 5.02 Å². The number of aryl methyl sites for hydroxylation is 1. The third-order valence-corrected chi connectivity index (χ3v) is 4.39. The van der Waals surface area contributed by atoms with Crippen molar-refractivity contribution >= 4 is 39.9 Å². The Morgan fingerprint density at radius 3 is 2.72 bits per heavy atom. The Kier molecular flexibility index (Phi) is 3.54. The third-order valence-electron chi connectivity index (χ3n) is 4.06. The van der Waals surface area contributed by atoms with Crippen LogP contribution in [0.5, 0.6) is 0 Å². The molecule has 1 aromatic carbocycles. The van der Waals surface area contributed by atoms with Gasteiger partial charge in [-0.3, -0.25) is 14.0 Å². The summed E-state index contributed by atoms with van der Waals surface area (Å²) in [6.45, 7) is 0. The second-order valence-electron chi connectivity index (χ2n) is 5.61. The number of rotatable bonds is 2.